The number of ether oxygens (including phenoxy) is 1. The van der Waals surface area contributed by atoms with Gasteiger partial charge in [0.25, 0.3) is 0 Å². The summed E-state index contributed by atoms with van der Waals surface area (Å²) in [5, 5.41) is 12.3. The van der Waals surface area contributed by atoms with Crippen LogP contribution in [0.4, 0.5) is 5.13 Å². The van der Waals surface area contributed by atoms with Crippen LogP contribution in [0.25, 0.3) is 0 Å². The fourth-order valence-corrected chi connectivity index (χ4v) is 2.56. The van der Waals surface area contributed by atoms with E-state index >= 15 is 0 Å². The molecule has 0 unspecified atom stereocenters. The largest absolute Gasteiger partial charge is 0.381 e. The second-order valence-electron chi connectivity index (χ2n) is 5.89. The van der Waals surface area contributed by atoms with E-state index in [2.05, 4.69) is 36.3 Å². The molecule has 1 saturated heterocycles. The highest BCUT2D eigenvalue weighted by molar-refractivity contribution is 7.15. The first-order chi connectivity index (χ1) is 8.81. The van der Waals surface area contributed by atoms with E-state index < -0.39 is 5.54 Å². The van der Waals surface area contributed by atoms with Crippen LogP contribution in [0.15, 0.2) is 0 Å². The van der Waals surface area contributed by atoms with Crippen LogP contribution in [0.5, 0.6) is 0 Å². The highest BCUT2D eigenvalue weighted by Gasteiger charge is 2.36. The standard InChI is InChI=1S/C12H20N4O2S.ClH/c1-11(2,3)9-15-16-10(19-9)14-8(17)12(13)4-6-18-7-5-12;/h4-7,13H2,1-3H3,(H,14,16,17);1H. The SMILES string of the molecule is CC(C)(C)c1nnc(NC(=O)C2(N)CCOCC2)s1.Cl. The molecule has 0 aromatic carbocycles. The predicted molar refractivity (Wildman–Crippen MR) is 81.5 cm³/mol. The molecule has 114 valence electrons. The molecule has 2 heterocycles. The van der Waals surface area contributed by atoms with Gasteiger partial charge in [0, 0.05) is 18.6 Å². The summed E-state index contributed by atoms with van der Waals surface area (Å²) >= 11 is 1.39. The fourth-order valence-electron chi connectivity index (χ4n) is 1.76. The van der Waals surface area contributed by atoms with Crippen molar-refractivity contribution in [2.45, 2.75) is 44.6 Å². The molecule has 1 aromatic heterocycles. The molecule has 0 spiro atoms. The van der Waals surface area contributed by atoms with E-state index in [1.165, 1.54) is 11.3 Å². The number of hydrogen-bond donors (Lipinski definition) is 2. The topological polar surface area (TPSA) is 90.1 Å². The average molecular weight is 321 g/mol. The maximum atomic E-state index is 12.2. The van der Waals surface area contributed by atoms with E-state index in [9.17, 15) is 4.79 Å². The van der Waals surface area contributed by atoms with Crippen molar-refractivity contribution in [1.29, 1.82) is 0 Å². The number of halogens is 1. The Kier molecular flexibility index (Phi) is 5.48. The normalized spacial score (nSPS) is 18.2. The number of carbonyl (C=O) groups excluding carboxylic acids is 1. The van der Waals surface area contributed by atoms with Gasteiger partial charge in [-0.1, -0.05) is 32.1 Å². The van der Waals surface area contributed by atoms with Crippen molar-refractivity contribution in [3.8, 4) is 0 Å². The number of hydrogen-bond acceptors (Lipinski definition) is 6. The predicted octanol–water partition coefficient (Wildman–Crippen LogP) is 1.70. The third-order valence-electron chi connectivity index (χ3n) is 3.12. The lowest BCUT2D eigenvalue weighted by Crippen LogP contribution is -2.54. The van der Waals surface area contributed by atoms with Gasteiger partial charge in [-0.15, -0.1) is 22.6 Å². The van der Waals surface area contributed by atoms with E-state index in [4.69, 9.17) is 10.5 Å². The molecule has 0 radical (unpaired) electrons. The maximum Gasteiger partial charge on any atom is 0.246 e. The number of nitrogens with two attached hydrogens (primary N) is 1. The second kappa shape index (κ2) is 6.34. The molecule has 2 rings (SSSR count). The monoisotopic (exact) mass is 320 g/mol. The molecule has 3 N–H and O–H groups in total. The quantitative estimate of drug-likeness (QED) is 0.865. The van der Waals surface area contributed by atoms with Crippen molar-refractivity contribution in [1.82, 2.24) is 10.2 Å². The summed E-state index contributed by atoms with van der Waals surface area (Å²) in [6.45, 7) is 7.21. The van der Waals surface area contributed by atoms with Gasteiger partial charge in [-0.2, -0.15) is 0 Å². The minimum atomic E-state index is -0.855. The average Bonchev–Trinajstić information content (AvgIpc) is 2.78. The van der Waals surface area contributed by atoms with Crippen molar-refractivity contribution in [3.05, 3.63) is 5.01 Å². The first kappa shape index (κ1) is 17.3. The van der Waals surface area contributed by atoms with Crippen LogP contribution in [0.2, 0.25) is 0 Å². The van der Waals surface area contributed by atoms with Gasteiger partial charge < -0.3 is 10.5 Å². The number of carbonyl (C=O) groups is 1. The number of amides is 1. The highest BCUT2D eigenvalue weighted by atomic mass is 35.5. The molecule has 1 fully saturated rings. The van der Waals surface area contributed by atoms with Crippen molar-refractivity contribution in [2.24, 2.45) is 5.73 Å². The van der Waals surface area contributed by atoms with Crippen LogP contribution in [0, 0.1) is 0 Å². The Hall–Kier alpha value is -0.760. The summed E-state index contributed by atoms with van der Waals surface area (Å²) in [4.78, 5) is 12.2. The molecule has 8 heteroatoms. The fraction of sp³-hybridized carbons (Fsp3) is 0.750. The molecule has 1 aliphatic heterocycles. The van der Waals surface area contributed by atoms with Crippen LogP contribution in [0.3, 0.4) is 0 Å². The van der Waals surface area contributed by atoms with Gasteiger partial charge in [0.15, 0.2) is 0 Å². The van der Waals surface area contributed by atoms with Crippen molar-refractivity contribution < 1.29 is 9.53 Å². The lowest BCUT2D eigenvalue weighted by atomic mass is 9.90. The Morgan fingerprint density at radius 2 is 1.95 bits per heavy atom. The summed E-state index contributed by atoms with van der Waals surface area (Å²) in [5.74, 6) is -0.201. The zero-order valence-electron chi connectivity index (χ0n) is 11.9. The number of anilines is 1. The lowest BCUT2D eigenvalue weighted by Gasteiger charge is -2.31. The molecule has 1 amide bonds. The van der Waals surface area contributed by atoms with Gasteiger partial charge in [-0.3, -0.25) is 10.1 Å². The smallest absolute Gasteiger partial charge is 0.246 e. The summed E-state index contributed by atoms with van der Waals surface area (Å²) < 4.78 is 5.23. The summed E-state index contributed by atoms with van der Waals surface area (Å²) in [5.41, 5.74) is 5.18. The maximum absolute atomic E-state index is 12.2. The van der Waals surface area contributed by atoms with Crippen LogP contribution in [-0.4, -0.2) is 34.9 Å². The van der Waals surface area contributed by atoms with Gasteiger partial charge in [0.1, 0.15) is 10.5 Å². The van der Waals surface area contributed by atoms with Gasteiger partial charge in [0.2, 0.25) is 11.0 Å². The van der Waals surface area contributed by atoms with Crippen LogP contribution >= 0.6 is 23.7 Å². The third-order valence-corrected chi connectivity index (χ3v) is 4.39. The molecule has 20 heavy (non-hydrogen) atoms. The Morgan fingerprint density at radius 1 is 1.35 bits per heavy atom. The zero-order valence-corrected chi connectivity index (χ0v) is 13.6. The van der Waals surface area contributed by atoms with Crippen molar-refractivity contribution >= 4 is 34.8 Å². The Labute approximate surface area is 128 Å². The van der Waals surface area contributed by atoms with E-state index in [-0.39, 0.29) is 23.7 Å². The van der Waals surface area contributed by atoms with E-state index in [1.807, 2.05) is 0 Å². The summed E-state index contributed by atoms with van der Waals surface area (Å²) in [6, 6.07) is 0. The first-order valence-corrected chi connectivity index (χ1v) is 7.15. The molecule has 0 aliphatic carbocycles. The van der Waals surface area contributed by atoms with Gasteiger partial charge >= 0.3 is 0 Å². The highest BCUT2D eigenvalue weighted by Crippen LogP contribution is 2.28. The number of nitrogens with zero attached hydrogens (tertiary/aromatic N) is 2. The molecule has 0 atom stereocenters. The molecular weight excluding hydrogens is 300 g/mol. The van der Waals surface area contributed by atoms with Crippen LogP contribution in [-0.2, 0) is 14.9 Å². The first-order valence-electron chi connectivity index (χ1n) is 6.33. The third kappa shape index (κ3) is 3.88. The minimum Gasteiger partial charge on any atom is -0.381 e. The molecule has 1 aromatic rings. The number of rotatable bonds is 2. The molecule has 0 bridgehead atoms. The zero-order chi connectivity index (χ0) is 14.1. The lowest BCUT2D eigenvalue weighted by molar-refractivity contribution is -0.124. The summed E-state index contributed by atoms with van der Waals surface area (Å²) in [7, 11) is 0. The number of nitrogens with one attached hydrogen (secondary N) is 1. The minimum absolute atomic E-state index is 0. The molecule has 1 aliphatic rings. The van der Waals surface area contributed by atoms with Gasteiger partial charge in [0.05, 0.1) is 0 Å². The van der Waals surface area contributed by atoms with Crippen LogP contribution < -0.4 is 11.1 Å². The van der Waals surface area contributed by atoms with E-state index in [0.29, 0.717) is 31.2 Å². The Balaban J connectivity index is 0.00000200. The molecule has 6 nitrogen and oxygen atoms in total. The molecule has 0 saturated carbocycles. The van der Waals surface area contributed by atoms with Gasteiger partial charge in [-0.05, 0) is 12.8 Å². The van der Waals surface area contributed by atoms with Gasteiger partial charge in [-0.25, -0.2) is 0 Å². The van der Waals surface area contributed by atoms with Crippen LogP contribution in [0.1, 0.15) is 38.6 Å². The second-order valence-corrected chi connectivity index (χ2v) is 6.86. The van der Waals surface area contributed by atoms with E-state index in [1.54, 1.807) is 0 Å². The number of aromatic nitrogens is 2. The Morgan fingerprint density at radius 3 is 2.45 bits per heavy atom. The molecular formula is C12H21ClN4O2S. The van der Waals surface area contributed by atoms with Crippen molar-refractivity contribution in [3.63, 3.8) is 0 Å². The summed E-state index contributed by atoms with van der Waals surface area (Å²) in [6.07, 6.45) is 1.06. The van der Waals surface area contributed by atoms with Crippen molar-refractivity contribution in [2.75, 3.05) is 18.5 Å². The van der Waals surface area contributed by atoms with E-state index in [0.717, 1.165) is 5.01 Å². The Bertz CT molecular complexity index is 466.